The summed E-state index contributed by atoms with van der Waals surface area (Å²) in [5.74, 6) is -2.89. The molecule has 0 saturated carbocycles. The number of oxime groups is 1. The summed E-state index contributed by atoms with van der Waals surface area (Å²) in [6.07, 6.45) is -4.05. The van der Waals surface area contributed by atoms with Crippen molar-refractivity contribution in [1.29, 1.82) is 0 Å². The van der Waals surface area contributed by atoms with Crippen LogP contribution in [0.4, 0.5) is 4.79 Å². The third kappa shape index (κ3) is 8.94. The SMILES string of the molecule is CC[C@H]1OC(=O)[C@H](C)[C@H]2OC/C(=N\Oc3ccccc3)CCO[C@](C)(C[C@@H](C)C(=O)[C@H](C)[C@H]3NC(=O)O[C@@]31C)[C@H](O[C@@H]1O[C@H](C)C[C@H](N(C)C)[C@H]1O)[C@H]2C. The second-order valence-corrected chi connectivity index (χ2v) is 16.4. The maximum absolute atomic E-state index is 14.4. The molecule has 4 heterocycles. The number of benzene rings is 1. The molecule has 4 saturated heterocycles. The van der Waals surface area contributed by atoms with Crippen LogP contribution in [0.15, 0.2) is 35.5 Å². The van der Waals surface area contributed by atoms with Crippen molar-refractivity contribution in [3.8, 4) is 5.75 Å². The van der Waals surface area contributed by atoms with E-state index in [4.69, 9.17) is 33.3 Å². The summed E-state index contributed by atoms with van der Waals surface area (Å²) in [5, 5.41) is 18.9. The summed E-state index contributed by atoms with van der Waals surface area (Å²) >= 11 is 0. The van der Waals surface area contributed by atoms with Gasteiger partial charge in [-0.2, -0.15) is 0 Å². The van der Waals surface area contributed by atoms with Crippen LogP contribution in [0.3, 0.4) is 0 Å². The van der Waals surface area contributed by atoms with Gasteiger partial charge in [-0.05, 0) is 73.2 Å². The highest BCUT2D eigenvalue weighted by Gasteiger charge is 2.57. The summed E-state index contributed by atoms with van der Waals surface area (Å²) in [4.78, 5) is 49.3. The van der Waals surface area contributed by atoms with Gasteiger partial charge in [-0.3, -0.25) is 9.59 Å². The molecular weight excluding hydrogens is 698 g/mol. The number of ether oxygens (including phenoxy) is 6. The quantitative estimate of drug-likeness (QED) is 0.309. The van der Waals surface area contributed by atoms with Crippen LogP contribution in [0.5, 0.6) is 5.75 Å². The van der Waals surface area contributed by atoms with Gasteiger partial charge in [0.05, 0.1) is 54.8 Å². The van der Waals surface area contributed by atoms with E-state index in [0.29, 0.717) is 30.7 Å². The van der Waals surface area contributed by atoms with Crippen molar-refractivity contribution in [3.63, 3.8) is 0 Å². The summed E-state index contributed by atoms with van der Waals surface area (Å²) in [7, 11) is 3.82. The average Bonchev–Trinajstić information content (AvgIpc) is 3.45. The number of alkyl carbamates (subject to hydrolysis) is 1. The van der Waals surface area contributed by atoms with Crippen LogP contribution in [-0.2, 0) is 38.0 Å². The number of aliphatic hydroxyl groups excluding tert-OH is 1. The van der Waals surface area contributed by atoms with Crippen LogP contribution in [0.25, 0.3) is 0 Å². The number of esters is 1. The fraction of sp³-hybridized carbons (Fsp3) is 0.750. The molecule has 1 aromatic carbocycles. The second-order valence-electron chi connectivity index (χ2n) is 16.4. The lowest BCUT2D eigenvalue weighted by atomic mass is 9.73. The van der Waals surface area contributed by atoms with Crippen molar-refractivity contribution >= 4 is 23.6 Å². The molecule has 0 spiro atoms. The van der Waals surface area contributed by atoms with E-state index in [1.807, 2.05) is 71.8 Å². The maximum Gasteiger partial charge on any atom is 0.408 e. The molecule has 4 fully saturated rings. The molecule has 14 nitrogen and oxygen atoms in total. The first-order valence-electron chi connectivity index (χ1n) is 19.4. The van der Waals surface area contributed by atoms with Gasteiger partial charge in [-0.1, -0.05) is 51.0 Å². The van der Waals surface area contributed by atoms with E-state index < -0.39 is 83.7 Å². The van der Waals surface area contributed by atoms with E-state index in [-0.39, 0.29) is 37.6 Å². The average molecular weight is 760 g/mol. The fourth-order valence-electron chi connectivity index (χ4n) is 8.90. The summed E-state index contributed by atoms with van der Waals surface area (Å²) < 4.78 is 38.8. The highest BCUT2D eigenvalue weighted by molar-refractivity contribution is 5.86. The molecule has 14 atom stereocenters. The second kappa shape index (κ2) is 17.3. The molecule has 2 N–H and O–H groups in total. The zero-order chi connectivity index (χ0) is 39.5. The van der Waals surface area contributed by atoms with Crippen molar-refractivity contribution in [3.05, 3.63) is 30.3 Å². The van der Waals surface area contributed by atoms with Crippen LogP contribution in [0, 0.1) is 23.7 Å². The van der Waals surface area contributed by atoms with Gasteiger partial charge < -0.3 is 48.6 Å². The van der Waals surface area contributed by atoms with E-state index >= 15 is 0 Å². The first kappa shape index (κ1) is 42.0. The topological polar surface area (TPSA) is 164 Å². The predicted octanol–water partition coefficient (Wildman–Crippen LogP) is 4.50. The molecule has 0 aliphatic carbocycles. The molecule has 0 aromatic heterocycles. The molecule has 2 bridgehead atoms. The molecule has 14 heteroatoms. The Kier molecular flexibility index (Phi) is 13.5. The lowest BCUT2D eigenvalue weighted by molar-refractivity contribution is -0.304. The Morgan fingerprint density at radius 2 is 1.74 bits per heavy atom. The van der Waals surface area contributed by atoms with Crippen molar-refractivity contribution in [2.75, 3.05) is 27.3 Å². The van der Waals surface area contributed by atoms with Crippen LogP contribution < -0.4 is 10.2 Å². The zero-order valence-corrected chi connectivity index (χ0v) is 33.5. The lowest BCUT2D eigenvalue weighted by Gasteiger charge is -2.49. The fourth-order valence-corrected chi connectivity index (χ4v) is 8.90. The molecule has 1 aromatic rings. The summed E-state index contributed by atoms with van der Waals surface area (Å²) in [5.41, 5.74) is -1.95. The lowest BCUT2D eigenvalue weighted by Crippen LogP contribution is -2.61. The number of hydrogen-bond acceptors (Lipinski definition) is 13. The van der Waals surface area contributed by atoms with E-state index in [0.717, 1.165) is 0 Å². The third-order valence-corrected chi connectivity index (χ3v) is 11.9. The Morgan fingerprint density at radius 3 is 2.41 bits per heavy atom. The van der Waals surface area contributed by atoms with Crippen molar-refractivity contribution in [2.45, 2.75) is 141 Å². The number of para-hydroxylation sites is 1. The smallest absolute Gasteiger partial charge is 0.408 e. The van der Waals surface area contributed by atoms with E-state index in [1.165, 1.54) is 0 Å². The Balaban J connectivity index is 1.61. The monoisotopic (exact) mass is 759 g/mol. The summed E-state index contributed by atoms with van der Waals surface area (Å²) in [6.45, 7) is 14.9. The van der Waals surface area contributed by atoms with Gasteiger partial charge in [-0.15, -0.1) is 0 Å². The Bertz CT molecular complexity index is 1490. The van der Waals surface area contributed by atoms with E-state index in [2.05, 4.69) is 10.5 Å². The van der Waals surface area contributed by atoms with Crippen molar-refractivity contribution in [2.24, 2.45) is 28.8 Å². The highest BCUT2D eigenvalue weighted by Crippen LogP contribution is 2.42. The number of ketones is 1. The van der Waals surface area contributed by atoms with Crippen LogP contribution in [0.1, 0.15) is 81.1 Å². The van der Waals surface area contributed by atoms with E-state index in [1.54, 1.807) is 32.9 Å². The zero-order valence-electron chi connectivity index (χ0n) is 33.5. The number of fused-ring (bicyclic) bond motifs is 4. The third-order valence-electron chi connectivity index (χ3n) is 11.9. The van der Waals surface area contributed by atoms with Gasteiger partial charge >= 0.3 is 12.1 Å². The number of rotatable bonds is 6. The van der Waals surface area contributed by atoms with Crippen molar-refractivity contribution < 1.29 is 52.7 Å². The Hall–Kier alpha value is -3.14. The van der Waals surface area contributed by atoms with Gasteiger partial charge in [0, 0.05) is 30.2 Å². The molecule has 0 unspecified atom stereocenters. The number of likely N-dealkylation sites (N-methyl/N-ethyl adjacent to an activating group) is 1. The molecule has 5 rings (SSSR count). The minimum absolute atomic E-state index is 0.0134. The standard InChI is InChI=1S/C40H61N3O11/c1-11-30-40(8)34(41-38(47)53-40)24(4)31(44)22(2)20-39(7)35(52-37-32(45)29(43(9)10)19-23(3)50-37)25(5)33(26(6)36(46)51-30)48-21-27(17-18-49-39)42-54-28-15-13-12-14-16-28/h12-16,22-26,29-30,32-35,37,45H,11,17-21H2,1-10H3,(H,41,47)/b42-27-/t22-,23-,24+,25+,26-,29+,30-,32-,33+,34-,35-,37+,39-,40-/m1/s1. The first-order valence-corrected chi connectivity index (χ1v) is 19.4. The van der Waals surface area contributed by atoms with Crippen molar-refractivity contribution in [1.82, 2.24) is 10.2 Å². The maximum atomic E-state index is 14.4. The minimum Gasteiger partial charge on any atom is -0.458 e. The summed E-state index contributed by atoms with van der Waals surface area (Å²) in [6, 6.07) is 8.16. The predicted molar refractivity (Wildman–Crippen MR) is 199 cm³/mol. The van der Waals surface area contributed by atoms with Crippen LogP contribution in [0.2, 0.25) is 0 Å². The molecule has 54 heavy (non-hydrogen) atoms. The Morgan fingerprint density at radius 1 is 1.04 bits per heavy atom. The molecule has 302 valence electrons. The minimum atomic E-state index is -1.32. The Labute approximate surface area is 319 Å². The number of cyclic esters (lactones) is 1. The number of carbonyl (C=O) groups is 3. The number of hydrogen-bond donors (Lipinski definition) is 2. The van der Waals surface area contributed by atoms with Gasteiger partial charge in [0.1, 0.15) is 18.0 Å². The van der Waals surface area contributed by atoms with Crippen LogP contribution in [-0.4, -0.2) is 121 Å². The number of nitrogens with one attached hydrogen (secondary N) is 1. The molecule has 4 aliphatic heterocycles. The van der Waals surface area contributed by atoms with Gasteiger partial charge in [0.2, 0.25) is 0 Å². The molecule has 0 radical (unpaired) electrons. The van der Waals surface area contributed by atoms with Gasteiger partial charge in [0.15, 0.2) is 17.6 Å². The molecule has 4 aliphatic rings. The number of aliphatic hydroxyl groups is 1. The largest absolute Gasteiger partial charge is 0.458 e. The number of carbonyl (C=O) groups excluding carboxylic acids is 3. The molecular formula is C40H61N3O11. The number of amides is 1. The highest BCUT2D eigenvalue weighted by atomic mass is 16.7. The van der Waals surface area contributed by atoms with E-state index in [9.17, 15) is 19.5 Å². The number of nitrogens with zero attached hydrogens (tertiary/aromatic N) is 2. The van der Waals surface area contributed by atoms with Crippen LogP contribution >= 0.6 is 0 Å². The van der Waals surface area contributed by atoms with Gasteiger partial charge in [-0.25, -0.2) is 4.79 Å². The normalized spacial score (nSPS) is 42.1. The molecule has 1 amide bonds. The number of Topliss-reactive ketones (excluding diaryl/α,β-unsaturated/α-hetero) is 1. The van der Waals surface area contributed by atoms with Gasteiger partial charge in [0.25, 0.3) is 0 Å². The first-order chi connectivity index (χ1) is 25.5.